The molecule has 0 aliphatic heterocycles. The third-order valence-electron chi connectivity index (χ3n) is 4.02. The van der Waals surface area contributed by atoms with Gasteiger partial charge in [0.1, 0.15) is 10.8 Å². The van der Waals surface area contributed by atoms with Crippen LogP contribution in [0.15, 0.2) is 6.07 Å². The van der Waals surface area contributed by atoms with Crippen LogP contribution in [-0.2, 0) is 0 Å². The first kappa shape index (κ1) is 14.3. The molecule has 0 bridgehead atoms. The molecule has 2 atom stereocenters. The number of nitrogens with two attached hydrogens (primary N) is 1. The summed E-state index contributed by atoms with van der Waals surface area (Å²) >= 11 is 5.18. The van der Waals surface area contributed by atoms with E-state index >= 15 is 0 Å². The van der Waals surface area contributed by atoms with Crippen molar-refractivity contribution in [1.29, 1.82) is 0 Å². The fourth-order valence-corrected chi connectivity index (χ4v) is 3.22. The van der Waals surface area contributed by atoms with Crippen molar-refractivity contribution in [1.82, 2.24) is 4.98 Å². The summed E-state index contributed by atoms with van der Waals surface area (Å²) < 4.78 is 0. The van der Waals surface area contributed by atoms with Crippen molar-refractivity contribution < 1.29 is 0 Å². The molecule has 2 unspecified atom stereocenters. The lowest BCUT2D eigenvalue weighted by Crippen LogP contribution is -2.32. The number of aryl methyl sites for hydroxylation is 2. The maximum absolute atomic E-state index is 5.86. The third-order valence-corrected chi connectivity index (χ3v) is 4.23. The molecule has 4 heteroatoms. The molecular formula is C15H23N3S. The minimum absolute atomic E-state index is 0.427. The van der Waals surface area contributed by atoms with Crippen molar-refractivity contribution in [2.75, 3.05) is 5.32 Å². The Labute approximate surface area is 121 Å². The van der Waals surface area contributed by atoms with Gasteiger partial charge < -0.3 is 11.1 Å². The Morgan fingerprint density at radius 1 is 1.37 bits per heavy atom. The molecule has 0 saturated heterocycles. The zero-order valence-electron chi connectivity index (χ0n) is 12.0. The fraction of sp³-hybridized carbons (Fsp3) is 0.600. The molecule has 1 saturated carbocycles. The lowest BCUT2D eigenvalue weighted by molar-refractivity contribution is 0.349. The van der Waals surface area contributed by atoms with Crippen LogP contribution in [0.5, 0.6) is 0 Å². The average Bonchev–Trinajstić information content (AvgIpc) is 2.30. The van der Waals surface area contributed by atoms with Crippen LogP contribution in [0.3, 0.4) is 0 Å². The number of rotatable bonds is 3. The van der Waals surface area contributed by atoms with Gasteiger partial charge in [-0.05, 0) is 44.2 Å². The molecule has 1 aromatic rings. The Bertz CT molecular complexity index is 485. The molecule has 104 valence electrons. The predicted molar refractivity (Wildman–Crippen MR) is 84.6 cm³/mol. The van der Waals surface area contributed by atoms with E-state index in [0.717, 1.165) is 22.6 Å². The van der Waals surface area contributed by atoms with Gasteiger partial charge in [-0.15, -0.1) is 0 Å². The van der Waals surface area contributed by atoms with Crippen molar-refractivity contribution in [2.24, 2.45) is 11.7 Å². The minimum Gasteiger partial charge on any atom is -0.389 e. The van der Waals surface area contributed by atoms with Crippen LogP contribution in [0.25, 0.3) is 0 Å². The summed E-state index contributed by atoms with van der Waals surface area (Å²) in [4.78, 5) is 5.03. The van der Waals surface area contributed by atoms with Crippen LogP contribution in [-0.4, -0.2) is 16.0 Å². The van der Waals surface area contributed by atoms with Crippen LogP contribution < -0.4 is 11.1 Å². The molecule has 1 heterocycles. The Hall–Kier alpha value is -1.16. The van der Waals surface area contributed by atoms with Crippen LogP contribution in [0.4, 0.5) is 5.82 Å². The van der Waals surface area contributed by atoms with E-state index in [0.29, 0.717) is 16.9 Å². The first-order valence-electron chi connectivity index (χ1n) is 7.03. The summed E-state index contributed by atoms with van der Waals surface area (Å²) in [6.07, 6.45) is 5.11. The lowest BCUT2D eigenvalue weighted by atomic mass is 9.86. The topological polar surface area (TPSA) is 50.9 Å². The number of nitrogens with one attached hydrogen (secondary N) is 1. The highest BCUT2D eigenvalue weighted by Crippen LogP contribution is 2.28. The zero-order valence-corrected chi connectivity index (χ0v) is 12.8. The van der Waals surface area contributed by atoms with Crippen molar-refractivity contribution in [3.05, 3.63) is 22.9 Å². The van der Waals surface area contributed by atoms with E-state index in [2.05, 4.69) is 17.2 Å². The van der Waals surface area contributed by atoms with Gasteiger partial charge in [0.15, 0.2) is 0 Å². The first-order valence-corrected chi connectivity index (χ1v) is 7.44. The summed E-state index contributed by atoms with van der Waals surface area (Å²) in [5.41, 5.74) is 8.86. The molecule has 1 aliphatic carbocycles. The number of hydrogen-bond acceptors (Lipinski definition) is 3. The molecule has 0 spiro atoms. The number of thiocarbonyl (C=S) groups is 1. The molecule has 1 aliphatic rings. The monoisotopic (exact) mass is 277 g/mol. The normalized spacial score (nSPS) is 23.1. The number of hydrogen-bond donors (Lipinski definition) is 2. The number of pyridine rings is 1. The van der Waals surface area contributed by atoms with E-state index in [1.165, 1.54) is 25.7 Å². The van der Waals surface area contributed by atoms with Gasteiger partial charge in [-0.1, -0.05) is 32.0 Å². The van der Waals surface area contributed by atoms with Gasteiger partial charge in [-0.3, -0.25) is 0 Å². The summed E-state index contributed by atoms with van der Waals surface area (Å²) in [5.74, 6) is 1.54. The fourth-order valence-electron chi connectivity index (χ4n) is 2.96. The van der Waals surface area contributed by atoms with Gasteiger partial charge in [0.05, 0.1) is 5.56 Å². The molecule has 1 fully saturated rings. The predicted octanol–water partition coefficient (Wildman–Crippen LogP) is 3.32. The number of anilines is 1. The summed E-state index contributed by atoms with van der Waals surface area (Å²) in [5, 5.41) is 3.58. The second kappa shape index (κ2) is 5.87. The van der Waals surface area contributed by atoms with E-state index in [-0.39, 0.29) is 0 Å². The maximum atomic E-state index is 5.86. The van der Waals surface area contributed by atoms with Crippen molar-refractivity contribution in [3.8, 4) is 0 Å². The molecule has 19 heavy (non-hydrogen) atoms. The Balaban J connectivity index is 2.30. The zero-order chi connectivity index (χ0) is 14.0. The van der Waals surface area contributed by atoms with Crippen LogP contribution >= 0.6 is 12.2 Å². The number of aromatic nitrogens is 1. The quantitative estimate of drug-likeness (QED) is 0.832. The first-order chi connectivity index (χ1) is 8.99. The van der Waals surface area contributed by atoms with Crippen LogP contribution in [0.1, 0.15) is 49.4 Å². The van der Waals surface area contributed by atoms with E-state index in [1.807, 2.05) is 19.9 Å². The van der Waals surface area contributed by atoms with Crippen molar-refractivity contribution in [3.63, 3.8) is 0 Å². The van der Waals surface area contributed by atoms with Crippen LogP contribution in [0, 0.1) is 19.8 Å². The molecule has 3 N–H and O–H groups in total. The Morgan fingerprint density at radius 2 is 2.05 bits per heavy atom. The second-order valence-electron chi connectivity index (χ2n) is 5.68. The summed E-state index contributed by atoms with van der Waals surface area (Å²) in [6, 6.07) is 2.51. The Morgan fingerprint density at radius 3 is 2.68 bits per heavy atom. The van der Waals surface area contributed by atoms with E-state index in [4.69, 9.17) is 18.0 Å². The maximum Gasteiger partial charge on any atom is 0.137 e. The van der Waals surface area contributed by atoms with Gasteiger partial charge in [0.2, 0.25) is 0 Å². The molecule has 0 radical (unpaired) electrons. The minimum atomic E-state index is 0.427. The highest BCUT2D eigenvalue weighted by Gasteiger charge is 2.23. The molecule has 0 amide bonds. The molecular weight excluding hydrogens is 254 g/mol. The third kappa shape index (κ3) is 3.24. The molecule has 2 rings (SSSR count). The molecule has 3 nitrogen and oxygen atoms in total. The number of nitrogens with zero attached hydrogens (tertiary/aromatic N) is 1. The smallest absolute Gasteiger partial charge is 0.137 e. The highest BCUT2D eigenvalue weighted by molar-refractivity contribution is 7.80. The van der Waals surface area contributed by atoms with Crippen LogP contribution in [0.2, 0.25) is 0 Å². The Kier molecular flexibility index (Phi) is 4.40. The highest BCUT2D eigenvalue weighted by atomic mass is 32.1. The van der Waals surface area contributed by atoms with E-state index < -0.39 is 0 Å². The average molecular weight is 277 g/mol. The summed E-state index contributed by atoms with van der Waals surface area (Å²) in [6.45, 7) is 6.35. The van der Waals surface area contributed by atoms with Gasteiger partial charge >= 0.3 is 0 Å². The van der Waals surface area contributed by atoms with Gasteiger partial charge in [-0.25, -0.2) is 4.98 Å². The largest absolute Gasteiger partial charge is 0.389 e. The lowest BCUT2D eigenvalue weighted by Gasteiger charge is -2.30. The summed E-state index contributed by atoms with van der Waals surface area (Å²) in [7, 11) is 0. The SMILES string of the molecule is Cc1cc(C)c(C(N)=S)c(NC2CCCCC2C)n1. The van der Waals surface area contributed by atoms with E-state index in [9.17, 15) is 0 Å². The van der Waals surface area contributed by atoms with Gasteiger partial charge in [-0.2, -0.15) is 0 Å². The van der Waals surface area contributed by atoms with Gasteiger partial charge in [0.25, 0.3) is 0 Å². The molecule has 0 aromatic carbocycles. The second-order valence-corrected chi connectivity index (χ2v) is 6.12. The van der Waals surface area contributed by atoms with Crippen molar-refractivity contribution >= 4 is 23.0 Å². The van der Waals surface area contributed by atoms with E-state index in [1.54, 1.807) is 0 Å². The molecule has 1 aromatic heterocycles. The van der Waals surface area contributed by atoms with Crippen molar-refractivity contribution in [2.45, 2.75) is 52.5 Å². The standard InChI is InChI=1S/C15H23N3S/c1-9-6-4-5-7-12(9)18-15-13(14(16)19)10(2)8-11(3)17-15/h8-9,12H,4-7H2,1-3H3,(H2,16,19)(H,17,18). The van der Waals surface area contributed by atoms with Gasteiger partial charge in [0, 0.05) is 11.7 Å².